The summed E-state index contributed by atoms with van der Waals surface area (Å²) in [6, 6.07) is 6.47. The topological polar surface area (TPSA) is 52.9 Å². The van der Waals surface area contributed by atoms with E-state index < -0.39 is 17.1 Å². The first-order valence-electron chi connectivity index (χ1n) is 9.57. The fourth-order valence-electron chi connectivity index (χ4n) is 6.43. The van der Waals surface area contributed by atoms with Crippen LogP contribution in [-0.4, -0.2) is 52.1 Å². The van der Waals surface area contributed by atoms with Gasteiger partial charge >= 0.3 is 0 Å². The molecule has 0 amide bonds. The van der Waals surface area contributed by atoms with Gasteiger partial charge in [0.25, 0.3) is 0 Å². The van der Waals surface area contributed by atoms with Crippen molar-refractivity contribution in [3.63, 3.8) is 0 Å². The molecule has 1 aromatic rings. The molecule has 1 spiro atoms. The van der Waals surface area contributed by atoms with E-state index in [0.717, 1.165) is 37.6 Å². The van der Waals surface area contributed by atoms with Crippen molar-refractivity contribution in [1.29, 1.82) is 0 Å². The third kappa shape index (κ3) is 1.48. The number of nitrogens with zero attached hydrogens (tertiary/aromatic N) is 1. The summed E-state index contributed by atoms with van der Waals surface area (Å²) >= 11 is 0. The molecule has 5 atom stereocenters. The monoisotopic (exact) mass is 327 g/mol. The molecule has 6 rings (SSSR count). The Balaban J connectivity index is 1.55. The largest absolute Gasteiger partial charge is 0.486 e. The highest BCUT2D eigenvalue weighted by atomic mass is 16.5. The Morgan fingerprint density at radius 2 is 2.08 bits per heavy atom. The van der Waals surface area contributed by atoms with Gasteiger partial charge in [-0.05, 0) is 62.6 Å². The fraction of sp³-hybridized carbons (Fsp3) is 0.700. The molecule has 4 nitrogen and oxygen atoms in total. The van der Waals surface area contributed by atoms with Crippen LogP contribution in [0.15, 0.2) is 18.2 Å². The number of hydrogen-bond donors (Lipinski definition) is 2. The molecule has 2 saturated carbocycles. The van der Waals surface area contributed by atoms with E-state index in [0.29, 0.717) is 12.8 Å². The number of piperidine rings is 1. The minimum absolute atomic E-state index is 0.173. The van der Waals surface area contributed by atoms with E-state index >= 15 is 0 Å². The van der Waals surface area contributed by atoms with E-state index in [1.807, 2.05) is 6.07 Å². The summed E-state index contributed by atoms with van der Waals surface area (Å²) < 4.78 is 6.26. The van der Waals surface area contributed by atoms with E-state index in [1.165, 1.54) is 24.0 Å². The van der Waals surface area contributed by atoms with Crippen LogP contribution in [0.2, 0.25) is 0 Å². The predicted molar refractivity (Wildman–Crippen MR) is 89.1 cm³/mol. The van der Waals surface area contributed by atoms with Crippen LogP contribution >= 0.6 is 0 Å². The lowest BCUT2D eigenvalue weighted by atomic mass is 9.48. The number of hydrogen-bond acceptors (Lipinski definition) is 4. The summed E-state index contributed by atoms with van der Waals surface area (Å²) in [4.78, 5) is 2.56. The van der Waals surface area contributed by atoms with Gasteiger partial charge in [0.05, 0.1) is 17.1 Å². The molecule has 1 aromatic carbocycles. The lowest BCUT2D eigenvalue weighted by Gasteiger charge is -2.63. The summed E-state index contributed by atoms with van der Waals surface area (Å²) in [5, 5.41) is 22.7. The van der Waals surface area contributed by atoms with Crippen LogP contribution in [0.1, 0.15) is 43.2 Å². The average Bonchev–Trinajstić information content (AvgIpc) is 3.31. The highest BCUT2D eigenvalue weighted by Crippen LogP contribution is 2.64. The maximum absolute atomic E-state index is 12.0. The van der Waals surface area contributed by atoms with Crippen molar-refractivity contribution in [2.24, 2.45) is 5.92 Å². The van der Waals surface area contributed by atoms with Crippen molar-refractivity contribution >= 4 is 0 Å². The zero-order valence-corrected chi connectivity index (χ0v) is 13.9. The molecule has 5 aliphatic rings. The number of benzene rings is 1. The summed E-state index contributed by atoms with van der Waals surface area (Å²) in [6.07, 6.45) is 5.08. The third-order valence-electron chi connectivity index (χ3n) is 7.63. The minimum Gasteiger partial charge on any atom is -0.486 e. The van der Waals surface area contributed by atoms with Crippen LogP contribution in [0.3, 0.4) is 0 Å². The van der Waals surface area contributed by atoms with E-state index in [1.54, 1.807) is 0 Å². The van der Waals surface area contributed by atoms with Crippen LogP contribution in [0.5, 0.6) is 5.75 Å². The molecule has 128 valence electrons. The molecule has 0 radical (unpaired) electrons. The summed E-state index contributed by atoms with van der Waals surface area (Å²) in [7, 11) is 0. The molecule has 0 aromatic heterocycles. The van der Waals surface area contributed by atoms with Gasteiger partial charge in [0.15, 0.2) is 0 Å². The Hall–Kier alpha value is -1.10. The van der Waals surface area contributed by atoms with E-state index in [2.05, 4.69) is 17.0 Å². The molecule has 1 saturated heterocycles. The molecule has 2 bridgehead atoms. The first-order chi connectivity index (χ1) is 11.6. The maximum atomic E-state index is 12.0. The van der Waals surface area contributed by atoms with Gasteiger partial charge in [-0.3, -0.25) is 4.90 Å². The van der Waals surface area contributed by atoms with Crippen LogP contribution in [-0.2, 0) is 11.8 Å². The van der Waals surface area contributed by atoms with Crippen molar-refractivity contribution < 1.29 is 14.9 Å². The fourth-order valence-corrected chi connectivity index (χ4v) is 6.43. The highest BCUT2D eigenvalue weighted by molar-refractivity contribution is 5.57. The van der Waals surface area contributed by atoms with Crippen molar-refractivity contribution in [2.75, 3.05) is 13.1 Å². The first kappa shape index (κ1) is 14.1. The smallest absolute Gasteiger partial charge is 0.137 e. The van der Waals surface area contributed by atoms with E-state index in [4.69, 9.17) is 4.74 Å². The Morgan fingerprint density at radius 1 is 1.21 bits per heavy atom. The van der Waals surface area contributed by atoms with Crippen LogP contribution < -0.4 is 4.74 Å². The summed E-state index contributed by atoms with van der Waals surface area (Å²) in [6.45, 7) is 2.15. The van der Waals surface area contributed by atoms with Gasteiger partial charge < -0.3 is 14.9 Å². The molecule has 0 unspecified atom stereocenters. The molecule has 3 aliphatic carbocycles. The molecule has 2 aliphatic heterocycles. The van der Waals surface area contributed by atoms with E-state index in [9.17, 15) is 10.2 Å². The van der Waals surface area contributed by atoms with Crippen molar-refractivity contribution in [3.8, 4) is 5.75 Å². The van der Waals surface area contributed by atoms with Crippen LogP contribution in [0, 0.1) is 5.92 Å². The standard InChI is InChI=1S/C20H25NO3/c22-14-6-7-20(23)16-10-13-2-1-3-15-17(13)19(20,18(14)24-15)8-9-21(16)11-12-4-5-12/h1-3,12,14,16,18,22-23H,4-11H2/t14-,16+,18-,19+,20+/m0/s1. The highest BCUT2D eigenvalue weighted by Gasteiger charge is 2.72. The zero-order chi connectivity index (χ0) is 16.1. The number of aliphatic hydroxyl groups excluding tert-OH is 1. The van der Waals surface area contributed by atoms with Gasteiger partial charge in [0, 0.05) is 18.2 Å². The molecule has 4 heteroatoms. The maximum Gasteiger partial charge on any atom is 0.137 e. The summed E-state index contributed by atoms with van der Waals surface area (Å²) in [5.74, 6) is 1.74. The van der Waals surface area contributed by atoms with Crippen molar-refractivity contribution in [1.82, 2.24) is 4.90 Å². The van der Waals surface area contributed by atoms with Gasteiger partial charge in [-0.15, -0.1) is 0 Å². The predicted octanol–water partition coefficient (Wildman–Crippen LogP) is 1.61. The molecule has 2 heterocycles. The second-order valence-corrected chi connectivity index (χ2v) is 8.74. The van der Waals surface area contributed by atoms with Gasteiger partial charge in [-0.25, -0.2) is 0 Å². The minimum atomic E-state index is -0.760. The lowest BCUT2D eigenvalue weighted by Crippen LogP contribution is -2.77. The Morgan fingerprint density at radius 3 is 2.92 bits per heavy atom. The number of aliphatic hydroxyl groups is 2. The number of ether oxygens (including phenoxy) is 1. The Kier molecular flexibility index (Phi) is 2.56. The van der Waals surface area contributed by atoms with E-state index in [-0.39, 0.29) is 12.1 Å². The third-order valence-corrected chi connectivity index (χ3v) is 7.63. The molecule has 24 heavy (non-hydrogen) atoms. The van der Waals surface area contributed by atoms with Crippen molar-refractivity contribution in [3.05, 3.63) is 29.3 Å². The quantitative estimate of drug-likeness (QED) is 0.867. The number of rotatable bonds is 2. The normalized spacial score (nSPS) is 45.7. The average molecular weight is 327 g/mol. The molecular weight excluding hydrogens is 302 g/mol. The van der Waals surface area contributed by atoms with Gasteiger partial charge in [0.1, 0.15) is 11.9 Å². The van der Waals surface area contributed by atoms with Crippen LogP contribution in [0.25, 0.3) is 0 Å². The second-order valence-electron chi connectivity index (χ2n) is 8.74. The Labute approximate surface area is 142 Å². The second kappa shape index (κ2) is 4.35. The molecule has 3 fully saturated rings. The van der Waals surface area contributed by atoms with Gasteiger partial charge in [-0.2, -0.15) is 0 Å². The summed E-state index contributed by atoms with van der Waals surface area (Å²) in [5.41, 5.74) is 1.39. The Bertz CT molecular complexity index is 717. The SMILES string of the molecule is O[C@H]1CC[C@@]2(O)[C@H]3Cc4cccc5c4[C@]2(CCN3CC2CC2)[C@H]1O5. The van der Waals surface area contributed by atoms with Crippen LogP contribution in [0.4, 0.5) is 0 Å². The molecule has 2 N–H and O–H groups in total. The zero-order valence-electron chi connectivity index (χ0n) is 13.9. The molecular formula is C20H25NO3. The lowest BCUT2D eigenvalue weighted by molar-refractivity contribution is -0.208. The van der Waals surface area contributed by atoms with Crippen molar-refractivity contribution in [2.45, 2.75) is 67.8 Å². The number of likely N-dealkylation sites (tertiary alicyclic amines) is 1. The first-order valence-corrected chi connectivity index (χ1v) is 9.57. The van der Waals surface area contributed by atoms with Gasteiger partial charge in [-0.1, -0.05) is 12.1 Å². The van der Waals surface area contributed by atoms with Gasteiger partial charge in [0.2, 0.25) is 0 Å².